The van der Waals surface area contributed by atoms with E-state index >= 15 is 0 Å². The molecule has 0 aliphatic carbocycles. The fourth-order valence-electron chi connectivity index (χ4n) is 1.20. The van der Waals surface area contributed by atoms with Crippen molar-refractivity contribution >= 4 is 30.1 Å². The number of aromatic nitrogens is 1. The van der Waals surface area contributed by atoms with Crippen molar-refractivity contribution in [2.45, 2.75) is 38.8 Å². The molecule has 1 amide bonds. The predicted octanol–water partition coefficient (Wildman–Crippen LogP) is 2.51. The van der Waals surface area contributed by atoms with E-state index in [4.69, 9.17) is 4.74 Å². The van der Waals surface area contributed by atoms with Gasteiger partial charge in [0.1, 0.15) is 5.60 Å². The maximum absolute atomic E-state index is 11.6. The van der Waals surface area contributed by atoms with E-state index in [9.17, 15) is 4.79 Å². The molecule has 17 heavy (non-hydrogen) atoms. The molecule has 0 spiro atoms. The summed E-state index contributed by atoms with van der Waals surface area (Å²) in [6.45, 7) is 5.51. The molecule has 0 fully saturated rings. The second-order valence-corrected chi connectivity index (χ2v) is 6.00. The summed E-state index contributed by atoms with van der Waals surface area (Å²) in [6, 6.07) is -0.0562. The lowest BCUT2D eigenvalue weighted by Gasteiger charge is -2.22. The second kappa shape index (κ2) is 6.26. The van der Waals surface area contributed by atoms with Crippen molar-refractivity contribution in [3.63, 3.8) is 0 Å². The van der Waals surface area contributed by atoms with Gasteiger partial charge in [-0.3, -0.25) is 0 Å². The Balaban J connectivity index is 2.44. The van der Waals surface area contributed by atoms with Gasteiger partial charge in [0.2, 0.25) is 0 Å². The highest BCUT2D eigenvalue weighted by Crippen LogP contribution is 2.10. The number of carbonyl (C=O) groups is 1. The van der Waals surface area contributed by atoms with Crippen LogP contribution in [0, 0.1) is 0 Å². The first-order valence-corrected chi connectivity index (χ1v) is 6.90. The lowest BCUT2D eigenvalue weighted by Crippen LogP contribution is -2.41. The van der Waals surface area contributed by atoms with Crippen molar-refractivity contribution < 1.29 is 9.53 Å². The molecular formula is C11H18N2O2S2. The Hall–Kier alpha value is -0.750. The van der Waals surface area contributed by atoms with Gasteiger partial charge in [-0.1, -0.05) is 0 Å². The first-order valence-electron chi connectivity index (χ1n) is 5.39. The zero-order valence-corrected chi connectivity index (χ0v) is 12.0. The second-order valence-electron chi connectivity index (χ2n) is 4.66. The van der Waals surface area contributed by atoms with Crippen LogP contribution in [0.2, 0.25) is 0 Å². The molecular weight excluding hydrogens is 256 g/mol. The van der Waals surface area contributed by atoms with Crippen molar-refractivity contribution in [3.05, 3.63) is 16.6 Å². The van der Waals surface area contributed by atoms with Crippen LogP contribution < -0.4 is 5.32 Å². The molecule has 1 N–H and O–H groups in total. The Bertz CT molecular complexity index is 347. The number of nitrogens with zero attached hydrogens (tertiary/aromatic N) is 1. The van der Waals surface area contributed by atoms with E-state index in [1.54, 1.807) is 17.5 Å². The fourth-order valence-corrected chi connectivity index (χ4v) is 2.12. The van der Waals surface area contributed by atoms with Crippen molar-refractivity contribution in [2.24, 2.45) is 0 Å². The molecule has 0 saturated heterocycles. The summed E-state index contributed by atoms with van der Waals surface area (Å²) in [5.41, 5.74) is -0.480. The van der Waals surface area contributed by atoms with Crippen LogP contribution in [0.25, 0.3) is 0 Å². The summed E-state index contributed by atoms with van der Waals surface area (Å²) in [7, 11) is 0. The summed E-state index contributed by atoms with van der Waals surface area (Å²) in [6.07, 6.45) is 2.02. The number of hydrogen-bond acceptors (Lipinski definition) is 5. The largest absolute Gasteiger partial charge is 0.444 e. The van der Waals surface area contributed by atoms with Crippen LogP contribution in [0.3, 0.4) is 0 Å². The van der Waals surface area contributed by atoms with Crippen molar-refractivity contribution in [2.75, 3.05) is 5.75 Å². The monoisotopic (exact) mass is 274 g/mol. The van der Waals surface area contributed by atoms with Gasteiger partial charge in [-0.2, -0.15) is 12.6 Å². The SMILES string of the molecule is CC(C)(C)OC(=O)N[C@@H](CS)Cc1nccs1. The molecule has 0 saturated carbocycles. The van der Waals surface area contributed by atoms with Crippen LogP contribution in [0.1, 0.15) is 25.8 Å². The third kappa shape index (κ3) is 5.93. The summed E-state index contributed by atoms with van der Waals surface area (Å²) >= 11 is 5.79. The molecule has 1 aromatic heterocycles. The van der Waals surface area contributed by atoms with Crippen LogP contribution in [0.15, 0.2) is 11.6 Å². The lowest BCUT2D eigenvalue weighted by molar-refractivity contribution is 0.0509. The Morgan fingerprint density at radius 1 is 1.65 bits per heavy atom. The maximum Gasteiger partial charge on any atom is 0.407 e. The molecule has 4 nitrogen and oxygen atoms in total. The lowest BCUT2D eigenvalue weighted by atomic mass is 10.2. The highest BCUT2D eigenvalue weighted by molar-refractivity contribution is 7.80. The van der Waals surface area contributed by atoms with Crippen molar-refractivity contribution in [1.82, 2.24) is 10.3 Å². The van der Waals surface area contributed by atoms with Crippen molar-refractivity contribution in [3.8, 4) is 0 Å². The molecule has 1 aromatic rings. The molecule has 0 bridgehead atoms. The molecule has 0 aliphatic heterocycles. The minimum atomic E-state index is -0.480. The summed E-state index contributed by atoms with van der Waals surface area (Å²) in [5.74, 6) is 0.554. The topological polar surface area (TPSA) is 51.2 Å². The first kappa shape index (κ1) is 14.3. The molecule has 1 heterocycles. The summed E-state index contributed by atoms with van der Waals surface area (Å²) < 4.78 is 5.19. The van der Waals surface area contributed by atoms with Gasteiger partial charge in [0, 0.05) is 29.8 Å². The highest BCUT2D eigenvalue weighted by Gasteiger charge is 2.19. The third-order valence-corrected chi connectivity index (χ3v) is 3.09. The van der Waals surface area contributed by atoms with Gasteiger partial charge in [0.25, 0.3) is 0 Å². The molecule has 6 heteroatoms. The van der Waals surface area contributed by atoms with Crippen LogP contribution in [-0.2, 0) is 11.2 Å². The van der Waals surface area contributed by atoms with E-state index < -0.39 is 11.7 Å². The van der Waals surface area contributed by atoms with Gasteiger partial charge in [-0.25, -0.2) is 9.78 Å². The van der Waals surface area contributed by atoms with E-state index in [2.05, 4.69) is 22.9 Å². The molecule has 0 radical (unpaired) electrons. The number of ether oxygens (including phenoxy) is 1. The van der Waals surface area contributed by atoms with Gasteiger partial charge >= 0.3 is 6.09 Å². The predicted molar refractivity (Wildman–Crippen MR) is 72.8 cm³/mol. The average molecular weight is 274 g/mol. The number of rotatable bonds is 4. The molecule has 0 unspecified atom stereocenters. The van der Waals surface area contributed by atoms with E-state index in [0.29, 0.717) is 12.2 Å². The van der Waals surface area contributed by atoms with Gasteiger partial charge in [0.15, 0.2) is 0 Å². The zero-order chi connectivity index (χ0) is 12.9. The standard InChI is InChI=1S/C11H18N2O2S2/c1-11(2,3)15-10(14)13-8(7-16)6-9-12-4-5-17-9/h4-5,8,16H,6-7H2,1-3H3,(H,13,14)/t8-/m1/s1. The minimum absolute atomic E-state index is 0.0562. The Labute approximate surface area is 111 Å². The van der Waals surface area contributed by atoms with E-state index in [1.807, 2.05) is 26.2 Å². The van der Waals surface area contributed by atoms with Gasteiger partial charge in [0.05, 0.1) is 5.01 Å². The van der Waals surface area contributed by atoms with Crippen molar-refractivity contribution in [1.29, 1.82) is 0 Å². The zero-order valence-electron chi connectivity index (χ0n) is 10.3. The molecule has 1 rings (SSSR count). The van der Waals surface area contributed by atoms with Crippen LogP contribution in [0.4, 0.5) is 4.79 Å². The number of nitrogens with one attached hydrogen (secondary N) is 1. The smallest absolute Gasteiger partial charge is 0.407 e. The molecule has 0 aromatic carbocycles. The highest BCUT2D eigenvalue weighted by atomic mass is 32.1. The normalized spacial score (nSPS) is 13.2. The molecule has 1 atom stereocenters. The quantitative estimate of drug-likeness (QED) is 0.830. The number of hydrogen-bond donors (Lipinski definition) is 2. The van der Waals surface area contributed by atoms with E-state index in [-0.39, 0.29) is 6.04 Å². The maximum atomic E-state index is 11.6. The van der Waals surface area contributed by atoms with E-state index in [0.717, 1.165) is 5.01 Å². The molecule has 96 valence electrons. The number of amides is 1. The van der Waals surface area contributed by atoms with Crippen LogP contribution >= 0.6 is 24.0 Å². The van der Waals surface area contributed by atoms with Gasteiger partial charge in [-0.15, -0.1) is 11.3 Å². The van der Waals surface area contributed by atoms with Crippen LogP contribution in [0.5, 0.6) is 0 Å². The number of alkyl carbamates (subject to hydrolysis) is 1. The number of thiazole rings is 1. The Morgan fingerprint density at radius 2 is 2.35 bits per heavy atom. The van der Waals surface area contributed by atoms with E-state index in [1.165, 1.54) is 0 Å². The minimum Gasteiger partial charge on any atom is -0.444 e. The summed E-state index contributed by atoms with van der Waals surface area (Å²) in [4.78, 5) is 15.8. The number of carbonyl (C=O) groups excluding carboxylic acids is 1. The first-order chi connectivity index (χ1) is 7.90. The van der Waals surface area contributed by atoms with Crippen LogP contribution in [-0.4, -0.2) is 28.5 Å². The molecule has 0 aliphatic rings. The Kier molecular flexibility index (Phi) is 5.27. The average Bonchev–Trinajstić information content (AvgIpc) is 2.66. The third-order valence-electron chi connectivity index (χ3n) is 1.85. The van der Waals surface area contributed by atoms with Gasteiger partial charge < -0.3 is 10.1 Å². The fraction of sp³-hybridized carbons (Fsp3) is 0.636. The Morgan fingerprint density at radius 3 is 2.82 bits per heavy atom. The van der Waals surface area contributed by atoms with Gasteiger partial charge in [-0.05, 0) is 20.8 Å². The number of thiol groups is 1. The summed E-state index contributed by atoms with van der Waals surface area (Å²) in [5, 5.41) is 5.69.